The highest BCUT2D eigenvalue weighted by Crippen LogP contribution is 2.28. The minimum atomic E-state index is -4.34. The van der Waals surface area contributed by atoms with Gasteiger partial charge in [0.1, 0.15) is 24.2 Å². The molecule has 0 saturated heterocycles. The molecule has 12 heteroatoms. The molecule has 0 heterocycles. The molecule has 2 amide bonds. The summed E-state index contributed by atoms with van der Waals surface area (Å²) in [6.07, 6.45) is 0.681. The zero-order valence-corrected chi connectivity index (χ0v) is 26.1. The first-order valence-corrected chi connectivity index (χ1v) is 15.6. The number of nitrogens with zero attached hydrogens (tertiary/aromatic N) is 2. The number of carbonyl (C=O) groups is 2. The summed E-state index contributed by atoms with van der Waals surface area (Å²) in [6, 6.07) is 14.3. The van der Waals surface area contributed by atoms with Crippen LogP contribution >= 0.6 is 23.2 Å². The maximum Gasteiger partial charge on any atom is 0.264 e. The summed E-state index contributed by atoms with van der Waals surface area (Å²) >= 11 is 12.3. The number of sulfonamides is 1. The molecule has 0 saturated carbocycles. The van der Waals surface area contributed by atoms with E-state index >= 15 is 0 Å². The first-order chi connectivity index (χ1) is 19.9. The smallest absolute Gasteiger partial charge is 0.264 e. The highest BCUT2D eigenvalue weighted by Gasteiger charge is 2.33. The Morgan fingerprint density at radius 2 is 1.60 bits per heavy atom. The number of nitrogens with one attached hydrogen (secondary N) is 1. The molecule has 1 N–H and O–H groups in total. The quantitative estimate of drug-likeness (QED) is 0.246. The zero-order valence-electron chi connectivity index (χ0n) is 23.8. The van der Waals surface area contributed by atoms with E-state index in [1.165, 1.54) is 17.0 Å². The van der Waals surface area contributed by atoms with Gasteiger partial charge in [-0.3, -0.25) is 13.9 Å². The first kappa shape index (κ1) is 33.2. The van der Waals surface area contributed by atoms with Crippen LogP contribution in [0.5, 0.6) is 5.75 Å². The Hall–Kier alpha value is -3.34. The Bertz CT molecular complexity index is 1490. The number of hydrogen-bond acceptors (Lipinski definition) is 5. The molecule has 3 aromatic rings. The van der Waals surface area contributed by atoms with E-state index in [-0.39, 0.29) is 28.2 Å². The van der Waals surface area contributed by atoms with Gasteiger partial charge < -0.3 is 15.0 Å². The van der Waals surface area contributed by atoms with Crippen LogP contribution in [0.4, 0.5) is 10.1 Å². The van der Waals surface area contributed by atoms with Gasteiger partial charge in [0, 0.05) is 12.6 Å². The van der Waals surface area contributed by atoms with Crippen molar-refractivity contribution in [2.75, 3.05) is 17.5 Å². The topological polar surface area (TPSA) is 96.0 Å². The number of amides is 2. The molecule has 2 unspecified atom stereocenters. The molecule has 0 aliphatic carbocycles. The molecular formula is C30H34Cl2FN3O5S. The van der Waals surface area contributed by atoms with E-state index in [2.05, 4.69) is 5.32 Å². The maximum atomic E-state index is 14.0. The molecule has 0 aromatic heterocycles. The average molecular weight is 639 g/mol. The molecule has 0 aliphatic heterocycles. The molecule has 3 rings (SSSR count). The predicted molar refractivity (Wildman–Crippen MR) is 163 cm³/mol. The van der Waals surface area contributed by atoms with Gasteiger partial charge in [0.2, 0.25) is 11.8 Å². The molecule has 0 bridgehead atoms. The predicted octanol–water partition coefficient (Wildman–Crippen LogP) is 6.06. The van der Waals surface area contributed by atoms with E-state index in [1.54, 1.807) is 37.3 Å². The van der Waals surface area contributed by atoms with Gasteiger partial charge in [-0.05, 0) is 93.4 Å². The van der Waals surface area contributed by atoms with Crippen molar-refractivity contribution in [3.8, 4) is 5.75 Å². The monoisotopic (exact) mass is 637 g/mol. The van der Waals surface area contributed by atoms with Crippen molar-refractivity contribution >= 4 is 50.7 Å². The lowest BCUT2D eigenvalue weighted by atomic mass is 10.1. The van der Waals surface area contributed by atoms with Crippen LogP contribution in [-0.4, -0.2) is 50.4 Å². The molecule has 0 fully saturated rings. The minimum absolute atomic E-state index is 0.0431. The zero-order chi connectivity index (χ0) is 31.0. The van der Waals surface area contributed by atoms with Crippen LogP contribution in [0, 0.1) is 5.82 Å². The molecule has 2 atom stereocenters. The van der Waals surface area contributed by atoms with Crippen LogP contribution in [0.2, 0.25) is 10.0 Å². The van der Waals surface area contributed by atoms with Crippen molar-refractivity contribution in [1.29, 1.82) is 0 Å². The van der Waals surface area contributed by atoms with Crippen molar-refractivity contribution in [2.45, 2.75) is 57.6 Å². The molecule has 0 radical (unpaired) electrons. The van der Waals surface area contributed by atoms with Crippen LogP contribution in [0.25, 0.3) is 0 Å². The Morgan fingerprint density at radius 1 is 0.952 bits per heavy atom. The normalized spacial score (nSPS) is 12.7. The Morgan fingerprint density at radius 3 is 2.17 bits per heavy atom. The van der Waals surface area contributed by atoms with Crippen molar-refractivity contribution < 1.29 is 27.1 Å². The Balaban J connectivity index is 2.04. The number of hydrogen-bond donors (Lipinski definition) is 1. The van der Waals surface area contributed by atoms with Gasteiger partial charge >= 0.3 is 0 Å². The lowest BCUT2D eigenvalue weighted by Gasteiger charge is -2.32. The van der Waals surface area contributed by atoms with Crippen LogP contribution in [0.15, 0.2) is 71.6 Å². The third-order valence-corrected chi connectivity index (χ3v) is 9.15. The number of rotatable bonds is 13. The minimum Gasteiger partial charge on any atom is -0.494 e. The number of ether oxygens (including phenoxy) is 1. The molecular weight excluding hydrogens is 604 g/mol. The van der Waals surface area contributed by atoms with Crippen molar-refractivity contribution in [1.82, 2.24) is 10.2 Å². The molecule has 3 aromatic carbocycles. The lowest BCUT2D eigenvalue weighted by molar-refractivity contribution is -0.139. The summed E-state index contributed by atoms with van der Waals surface area (Å²) < 4.78 is 47.7. The fourth-order valence-electron chi connectivity index (χ4n) is 4.02. The van der Waals surface area contributed by atoms with Crippen molar-refractivity contribution in [2.24, 2.45) is 0 Å². The van der Waals surface area contributed by atoms with Gasteiger partial charge in [0.15, 0.2) is 0 Å². The van der Waals surface area contributed by atoms with E-state index in [0.29, 0.717) is 29.4 Å². The Labute approximate surface area is 256 Å². The second-order valence-corrected chi connectivity index (χ2v) is 12.3. The van der Waals surface area contributed by atoms with Gasteiger partial charge in [-0.1, -0.05) is 36.2 Å². The van der Waals surface area contributed by atoms with Crippen LogP contribution in [0.1, 0.15) is 39.7 Å². The van der Waals surface area contributed by atoms with E-state index in [4.69, 9.17) is 27.9 Å². The van der Waals surface area contributed by atoms with E-state index < -0.39 is 40.2 Å². The maximum absolute atomic E-state index is 14.0. The Kier molecular flexibility index (Phi) is 11.6. The van der Waals surface area contributed by atoms with Crippen LogP contribution in [0.3, 0.4) is 0 Å². The van der Waals surface area contributed by atoms with E-state index in [0.717, 1.165) is 28.6 Å². The molecule has 226 valence electrons. The fraction of sp³-hybridized carbons (Fsp3) is 0.333. The second kappa shape index (κ2) is 14.7. The van der Waals surface area contributed by atoms with Crippen LogP contribution in [-0.2, 0) is 26.2 Å². The highest BCUT2D eigenvalue weighted by atomic mass is 35.5. The largest absolute Gasteiger partial charge is 0.494 e. The lowest BCUT2D eigenvalue weighted by Crippen LogP contribution is -2.52. The van der Waals surface area contributed by atoms with Gasteiger partial charge in [-0.15, -0.1) is 0 Å². The number of anilines is 1. The van der Waals surface area contributed by atoms with Gasteiger partial charge in [-0.2, -0.15) is 0 Å². The van der Waals surface area contributed by atoms with E-state index in [1.807, 2.05) is 20.8 Å². The van der Waals surface area contributed by atoms with Crippen molar-refractivity contribution in [3.05, 3.63) is 88.2 Å². The van der Waals surface area contributed by atoms with Gasteiger partial charge in [0.25, 0.3) is 10.0 Å². The summed E-state index contributed by atoms with van der Waals surface area (Å²) in [4.78, 5) is 28.2. The van der Waals surface area contributed by atoms with Crippen LogP contribution < -0.4 is 14.4 Å². The van der Waals surface area contributed by atoms with E-state index in [9.17, 15) is 22.4 Å². The molecule has 8 nitrogen and oxygen atoms in total. The highest BCUT2D eigenvalue weighted by molar-refractivity contribution is 7.92. The summed E-state index contributed by atoms with van der Waals surface area (Å²) in [5.74, 6) is -1.13. The molecule has 0 spiro atoms. The summed E-state index contributed by atoms with van der Waals surface area (Å²) in [5, 5.41) is 3.47. The summed E-state index contributed by atoms with van der Waals surface area (Å²) in [5.41, 5.74) is 0.775. The van der Waals surface area contributed by atoms with Gasteiger partial charge in [0.05, 0.1) is 27.2 Å². The number of benzene rings is 3. The van der Waals surface area contributed by atoms with Gasteiger partial charge in [-0.25, -0.2) is 12.8 Å². The third kappa shape index (κ3) is 8.36. The number of halogens is 3. The summed E-state index contributed by atoms with van der Waals surface area (Å²) in [7, 11) is -4.34. The average Bonchev–Trinajstić information content (AvgIpc) is 2.96. The second-order valence-electron chi connectivity index (χ2n) is 9.66. The first-order valence-electron chi connectivity index (χ1n) is 13.4. The third-order valence-electron chi connectivity index (χ3n) is 6.62. The number of carbonyl (C=O) groups excluding carboxylic acids is 2. The SMILES string of the molecule is CCOc1ccc(N(CC(=O)N(Cc2ccc(Cl)c(Cl)c2)C(C)C(=O)NC(C)CC)S(=O)(=O)c2ccc(F)cc2)cc1. The summed E-state index contributed by atoms with van der Waals surface area (Å²) in [6.45, 7) is 6.88. The standard InChI is InChI=1S/C30H34Cl2FN3O5S/c1-5-20(3)34-30(38)21(4)35(18-22-7-16-27(31)28(32)17-22)29(37)19-36(24-10-12-25(13-11-24)41-6-2)42(39,40)26-14-8-23(33)9-15-26/h7-17,20-21H,5-6,18-19H2,1-4H3,(H,34,38). The van der Waals surface area contributed by atoms with Crippen molar-refractivity contribution in [3.63, 3.8) is 0 Å². The molecule has 0 aliphatic rings. The fourth-order valence-corrected chi connectivity index (χ4v) is 5.76. The molecule has 42 heavy (non-hydrogen) atoms.